The van der Waals surface area contributed by atoms with E-state index < -0.39 is 0 Å². The van der Waals surface area contributed by atoms with Crippen molar-refractivity contribution in [2.45, 2.75) is 38.6 Å². The molecule has 0 radical (unpaired) electrons. The Kier molecular flexibility index (Phi) is 3.81. The third kappa shape index (κ3) is 2.74. The van der Waals surface area contributed by atoms with E-state index in [1.807, 2.05) is 33.8 Å². The zero-order valence-corrected chi connectivity index (χ0v) is 13.4. The number of amides is 1. The number of hydrogen-bond acceptors (Lipinski definition) is 3. The van der Waals surface area contributed by atoms with Gasteiger partial charge in [0.1, 0.15) is 11.3 Å². The maximum Gasteiger partial charge on any atom is 0.274 e. The topological polar surface area (TPSA) is 63.6 Å². The molecule has 122 valence electrons. The van der Waals surface area contributed by atoms with Gasteiger partial charge in [-0.3, -0.25) is 4.79 Å². The van der Waals surface area contributed by atoms with Gasteiger partial charge >= 0.3 is 0 Å². The van der Waals surface area contributed by atoms with Crippen molar-refractivity contribution in [1.29, 1.82) is 0 Å². The number of aromatic nitrogens is 2. The molecule has 2 atom stereocenters. The zero-order chi connectivity index (χ0) is 15.8. The number of hydrogen-bond donors (Lipinski definition) is 1. The fourth-order valence-corrected chi connectivity index (χ4v) is 4.21. The van der Waals surface area contributed by atoms with Gasteiger partial charge in [0.15, 0.2) is 0 Å². The lowest BCUT2D eigenvalue weighted by molar-refractivity contribution is 0.0516. The van der Waals surface area contributed by atoms with Crippen molar-refractivity contribution in [3.63, 3.8) is 0 Å². The highest BCUT2D eigenvalue weighted by atomic mass is 16.2. The minimum absolute atomic E-state index is 0.0759. The van der Waals surface area contributed by atoms with Gasteiger partial charge in [0.2, 0.25) is 0 Å². The molecule has 2 N–H and O–H groups in total. The molecule has 1 saturated heterocycles. The third-order valence-electron chi connectivity index (χ3n) is 5.55. The largest absolute Gasteiger partial charge is 0.337 e. The van der Waals surface area contributed by atoms with E-state index in [-0.39, 0.29) is 5.91 Å². The second-order valence-corrected chi connectivity index (χ2v) is 6.98. The van der Waals surface area contributed by atoms with Gasteiger partial charge in [0.05, 0.1) is 0 Å². The third-order valence-corrected chi connectivity index (χ3v) is 5.55. The molecule has 2 aliphatic rings. The van der Waals surface area contributed by atoms with Crippen molar-refractivity contribution in [3.8, 4) is 0 Å². The maximum atomic E-state index is 12.8. The summed E-state index contributed by atoms with van der Waals surface area (Å²) in [6.45, 7) is 2.28. The van der Waals surface area contributed by atoms with E-state index in [0.717, 1.165) is 36.6 Å². The highest BCUT2D eigenvalue weighted by Crippen LogP contribution is 2.36. The van der Waals surface area contributed by atoms with E-state index in [9.17, 15) is 4.79 Å². The van der Waals surface area contributed by atoms with Crippen LogP contribution in [0.1, 0.15) is 48.2 Å². The fourth-order valence-electron chi connectivity index (χ4n) is 4.21. The molecule has 4 rings (SSSR count). The molecule has 23 heavy (non-hydrogen) atoms. The first-order valence-corrected chi connectivity index (χ1v) is 8.71. The average molecular weight is 312 g/mol. The predicted octanol–water partition coefficient (Wildman–Crippen LogP) is 2.45. The van der Waals surface area contributed by atoms with Crippen LogP contribution in [0.15, 0.2) is 24.5 Å². The Morgan fingerprint density at radius 2 is 2.00 bits per heavy atom. The van der Waals surface area contributed by atoms with Crippen LogP contribution in [0.2, 0.25) is 0 Å². The van der Waals surface area contributed by atoms with E-state index >= 15 is 0 Å². The van der Waals surface area contributed by atoms with E-state index in [0.29, 0.717) is 18.2 Å². The summed E-state index contributed by atoms with van der Waals surface area (Å²) in [7, 11) is 0. The molecule has 1 saturated carbocycles. The molecule has 2 unspecified atom stereocenters. The van der Waals surface area contributed by atoms with Gasteiger partial charge in [-0.25, -0.2) is 4.98 Å². The molecule has 2 aromatic heterocycles. The molecule has 5 heteroatoms. The number of fused-ring (bicyclic) bond motifs is 2. The molecule has 0 spiro atoms. The van der Waals surface area contributed by atoms with Gasteiger partial charge in [-0.05, 0) is 36.3 Å². The zero-order valence-electron chi connectivity index (χ0n) is 13.4. The summed E-state index contributed by atoms with van der Waals surface area (Å²) in [6.07, 6.45) is 10.3. The molecule has 0 aromatic carbocycles. The van der Waals surface area contributed by atoms with Gasteiger partial charge in [0.25, 0.3) is 5.91 Å². The second kappa shape index (κ2) is 5.96. The lowest BCUT2D eigenvalue weighted by atomic mass is 9.75. The van der Waals surface area contributed by atoms with Gasteiger partial charge in [0, 0.05) is 32.0 Å². The molecule has 2 aromatic rings. The van der Waals surface area contributed by atoms with Crippen molar-refractivity contribution in [2.24, 2.45) is 17.6 Å². The number of carbonyl (C=O) groups is 1. The number of carbonyl (C=O) groups excluding carboxylic acids is 1. The van der Waals surface area contributed by atoms with Crippen LogP contribution in [-0.4, -0.2) is 33.3 Å². The number of likely N-dealkylation sites (tertiary alicyclic amines) is 1. The number of nitrogens with zero attached hydrogens (tertiary/aromatic N) is 3. The summed E-state index contributed by atoms with van der Waals surface area (Å²) in [5.41, 5.74) is 8.07. The standard InChI is InChI=1S/C18H24N4O/c19-9-13-5-6-17-20-16(12-22(17)10-13)18(23)21-8-7-14-3-1-2-4-15(14)11-21/h5-6,10,12,14-15H,1-4,7-9,11,19H2. The van der Waals surface area contributed by atoms with Gasteiger partial charge in [-0.15, -0.1) is 0 Å². The van der Waals surface area contributed by atoms with E-state index in [1.165, 1.54) is 25.7 Å². The number of nitrogens with two attached hydrogens (primary N) is 1. The van der Waals surface area contributed by atoms with Crippen molar-refractivity contribution in [3.05, 3.63) is 35.8 Å². The lowest BCUT2D eigenvalue weighted by Gasteiger charge is -2.41. The lowest BCUT2D eigenvalue weighted by Crippen LogP contribution is -2.44. The summed E-state index contributed by atoms with van der Waals surface area (Å²) < 4.78 is 1.91. The highest BCUT2D eigenvalue weighted by Gasteiger charge is 2.33. The summed E-state index contributed by atoms with van der Waals surface area (Å²) in [6, 6.07) is 3.89. The Bertz CT molecular complexity index is 723. The molecule has 1 aliphatic heterocycles. The summed E-state index contributed by atoms with van der Waals surface area (Å²) in [4.78, 5) is 19.3. The van der Waals surface area contributed by atoms with Crippen LogP contribution in [0.25, 0.3) is 5.65 Å². The van der Waals surface area contributed by atoms with E-state index in [4.69, 9.17) is 5.73 Å². The first-order valence-electron chi connectivity index (χ1n) is 8.71. The molecule has 5 nitrogen and oxygen atoms in total. The summed E-state index contributed by atoms with van der Waals surface area (Å²) in [5.74, 6) is 1.61. The summed E-state index contributed by atoms with van der Waals surface area (Å²) in [5, 5.41) is 0. The Labute approximate surface area is 136 Å². The number of rotatable bonds is 2. The second-order valence-electron chi connectivity index (χ2n) is 6.98. The quantitative estimate of drug-likeness (QED) is 0.926. The maximum absolute atomic E-state index is 12.8. The van der Waals surface area contributed by atoms with Crippen LogP contribution in [0.5, 0.6) is 0 Å². The molecule has 1 aliphatic carbocycles. The van der Waals surface area contributed by atoms with Gasteiger partial charge in [-0.2, -0.15) is 0 Å². The summed E-state index contributed by atoms with van der Waals surface area (Å²) >= 11 is 0. The SMILES string of the molecule is NCc1ccc2nc(C(=O)N3CCC4CCCCC4C3)cn2c1. The highest BCUT2D eigenvalue weighted by molar-refractivity contribution is 5.93. The first kappa shape index (κ1) is 14.7. The molecular formula is C18H24N4O. The van der Waals surface area contributed by atoms with Crippen LogP contribution in [0.3, 0.4) is 0 Å². The van der Waals surface area contributed by atoms with Crippen molar-refractivity contribution in [1.82, 2.24) is 14.3 Å². The van der Waals surface area contributed by atoms with Crippen LogP contribution < -0.4 is 5.73 Å². The number of imidazole rings is 1. The van der Waals surface area contributed by atoms with Gasteiger partial charge < -0.3 is 15.0 Å². The molecule has 0 bridgehead atoms. The minimum atomic E-state index is 0.0759. The van der Waals surface area contributed by atoms with Crippen molar-refractivity contribution in [2.75, 3.05) is 13.1 Å². The van der Waals surface area contributed by atoms with Gasteiger partial charge in [-0.1, -0.05) is 25.3 Å². The first-order chi connectivity index (χ1) is 11.2. The van der Waals surface area contributed by atoms with Crippen molar-refractivity contribution >= 4 is 11.6 Å². The molecular weight excluding hydrogens is 288 g/mol. The Morgan fingerprint density at radius 1 is 1.17 bits per heavy atom. The smallest absolute Gasteiger partial charge is 0.274 e. The average Bonchev–Trinajstić information content (AvgIpc) is 3.03. The van der Waals surface area contributed by atoms with Crippen LogP contribution in [0.4, 0.5) is 0 Å². The van der Waals surface area contributed by atoms with E-state index in [1.54, 1.807) is 0 Å². The molecule has 2 fully saturated rings. The Morgan fingerprint density at radius 3 is 2.83 bits per heavy atom. The fraction of sp³-hybridized carbons (Fsp3) is 0.556. The predicted molar refractivity (Wildman–Crippen MR) is 89.1 cm³/mol. The molecule has 3 heterocycles. The van der Waals surface area contributed by atoms with Crippen LogP contribution >= 0.6 is 0 Å². The monoisotopic (exact) mass is 312 g/mol. The van der Waals surface area contributed by atoms with Crippen LogP contribution in [-0.2, 0) is 6.54 Å². The van der Waals surface area contributed by atoms with E-state index in [2.05, 4.69) is 4.98 Å². The van der Waals surface area contributed by atoms with Crippen LogP contribution in [0, 0.1) is 11.8 Å². The number of pyridine rings is 1. The Balaban J connectivity index is 1.54. The van der Waals surface area contributed by atoms with Crippen molar-refractivity contribution < 1.29 is 4.79 Å². The minimum Gasteiger partial charge on any atom is -0.337 e. The normalized spacial score (nSPS) is 24.7. The molecule has 1 amide bonds. The number of piperidine rings is 1. The Hall–Kier alpha value is -1.88.